The largest absolute Gasteiger partial charge is 0.349 e. The van der Waals surface area contributed by atoms with Gasteiger partial charge in [-0.2, -0.15) is 0 Å². The summed E-state index contributed by atoms with van der Waals surface area (Å²) in [6.07, 6.45) is 3.25. The van der Waals surface area contributed by atoms with E-state index in [9.17, 15) is 4.79 Å². The molecule has 3 nitrogen and oxygen atoms in total. The fraction of sp³-hybridized carbons (Fsp3) is 0.889. The van der Waals surface area contributed by atoms with Gasteiger partial charge < -0.3 is 10.6 Å². The maximum absolute atomic E-state index is 11.4. The van der Waals surface area contributed by atoms with E-state index in [1.54, 1.807) is 0 Å². The Kier molecular flexibility index (Phi) is 3.19. The number of nitrogens with one attached hydrogen (secondary N) is 2. The van der Waals surface area contributed by atoms with Crippen LogP contribution in [0, 0.1) is 5.92 Å². The number of rotatable bonds is 2. The Morgan fingerprint density at radius 1 is 1.54 bits per heavy atom. The summed E-state index contributed by atoms with van der Waals surface area (Å²) in [5.74, 6) is 0.601. The number of carbonyl (C=O) groups is 1. The highest BCUT2D eigenvalue weighted by molar-refractivity contribution is 5.85. The zero-order valence-corrected chi connectivity index (χ0v) is 8.75. The van der Waals surface area contributed by atoms with Gasteiger partial charge in [0.15, 0.2) is 0 Å². The summed E-state index contributed by atoms with van der Waals surface area (Å²) in [7, 11) is 0. The molecule has 1 aliphatic heterocycles. The molecule has 1 aliphatic carbocycles. The molecule has 0 spiro atoms. The second kappa shape index (κ2) is 3.84. The van der Waals surface area contributed by atoms with Crippen molar-refractivity contribution in [2.24, 2.45) is 5.92 Å². The maximum Gasteiger partial charge on any atom is 0.223 e. The van der Waals surface area contributed by atoms with Crippen LogP contribution < -0.4 is 10.6 Å². The third-order valence-electron chi connectivity index (χ3n) is 2.74. The Balaban J connectivity index is 0.000000845. The zero-order chi connectivity index (χ0) is 8.60. The Morgan fingerprint density at radius 3 is 2.69 bits per heavy atom. The molecule has 1 saturated carbocycles. The zero-order valence-electron chi connectivity index (χ0n) is 7.93. The summed E-state index contributed by atoms with van der Waals surface area (Å²) in [4.78, 5) is 11.4. The van der Waals surface area contributed by atoms with Crippen LogP contribution in [0.25, 0.3) is 0 Å². The molecule has 2 fully saturated rings. The lowest BCUT2D eigenvalue weighted by atomic mass is 10.0. The molecular weight excluding hydrogens is 188 g/mol. The second-order valence-corrected chi connectivity index (χ2v) is 4.25. The van der Waals surface area contributed by atoms with Gasteiger partial charge in [-0.05, 0) is 32.7 Å². The van der Waals surface area contributed by atoms with Crippen LogP contribution in [0.15, 0.2) is 0 Å². The van der Waals surface area contributed by atoms with Crippen molar-refractivity contribution >= 4 is 18.3 Å². The smallest absolute Gasteiger partial charge is 0.223 e. The van der Waals surface area contributed by atoms with Crippen molar-refractivity contribution in [3.8, 4) is 0 Å². The van der Waals surface area contributed by atoms with E-state index in [-0.39, 0.29) is 23.9 Å². The number of carbonyl (C=O) groups excluding carboxylic acids is 1. The first-order valence-electron chi connectivity index (χ1n) is 4.72. The average Bonchev–Trinajstić information content (AvgIpc) is 2.77. The van der Waals surface area contributed by atoms with Crippen LogP contribution in [0.5, 0.6) is 0 Å². The predicted octanol–water partition coefficient (Wildman–Crippen LogP) is 0.686. The highest BCUT2D eigenvalue weighted by atomic mass is 35.5. The first-order valence-corrected chi connectivity index (χ1v) is 4.72. The topological polar surface area (TPSA) is 41.1 Å². The quantitative estimate of drug-likeness (QED) is 0.695. The molecule has 1 amide bonds. The van der Waals surface area contributed by atoms with Crippen molar-refractivity contribution in [3.63, 3.8) is 0 Å². The maximum atomic E-state index is 11.4. The van der Waals surface area contributed by atoms with E-state index in [4.69, 9.17) is 0 Å². The van der Waals surface area contributed by atoms with Gasteiger partial charge in [0, 0.05) is 12.5 Å². The molecular formula is C9H17ClN2O. The molecule has 0 aromatic heterocycles. The Bertz CT molecular complexity index is 198. The van der Waals surface area contributed by atoms with Gasteiger partial charge in [0.2, 0.25) is 5.91 Å². The molecule has 1 atom stereocenters. The summed E-state index contributed by atoms with van der Waals surface area (Å²) in [6, 6.07) is 0. The van der Waals surface area contributed by atoms with Crippen molar-refractivity contribution in [1.82, 2.24) is 10.6 Å². The van der Waals surface area contributed by atoms with Crippen LogP contribution in [-0.2, 0) is 4.79 Å². The summed E-state index contributed by atoms with van der Waals surface area (Å²) in [5, 5.41) is 6.38. The van der Waals surface area contributed by atoms with Crippen LogP contribution in [-0.4, -0.2) is 24.5 Å². The monoisotopic (exact) mass is 204 g/mol. The standard InChI is InChI=1S/C9H16N2O.ClH/c1-9(4-5-10-6-9)11-8(12)7-2-3-7;/h7,10H,2-6H2,1H3,(H,11,12);1H. The normalized spacial score (nSPS) is 32.4. The van der Waals surface area contributed by atoms with Gasteiger partial charge in [-0.3, -0.25) is 4.79 Å². The van der Waals surface area contributed by atoms with E-state index in [2.05, 4.69) is 17.6 Å². The lowest BCUT2D eigenvalue weighted by molar-refractivity contribution is -0.123. The minimum absolute atomic E-state index is 0. The van der Waals surface area contributed by atoms with Gasteiger partial charge in [-0.15, -0.1) is 12.4 Å². The average molecular weight is 205 g/mol. The van der Waals surface area contributed by atoms with E-state index in [1.165, 1.54) is 0 Å². The molecule has 0 aromatic carbocycles. The Morgan fingerprint density at radius 2 is 2.23 bits per heavy atom. The van der Waals surface area contributed by atoms with Crippen molar-refractivity contribution in [3.05, 3.63) is 0 Å². The van der Waals surface area contributed by atoms with Gasteiger partial charge in [-0.1, -0.05) is 0 Å². The van der Waals surface area contributed by atoms with Gasteiger partial charge in [0.25, 0.3) is 0 Å². The molecule has 4 heteroatoms. The van der Waals surface area contributed by atoms with Crippen LogP contribution >= 0.6 is 12.4 Å². The second-order valence-electron chi connectivity index (χ2n) is 4.25. The van der Waals surface area contributed by atoms with Crippen molar-refractivity contribution < 1.29 is 4.79 Å². The molecule has 1 saturated heterocycles. The molecule has 76 valence electrons. The minimum atomic E-state index is 0. The summed E-state index contributed by atoms with van der Waals surface area (Å²) in [6.45, 7) is 4.07. The number of amides is 1. The van der Waals surface area contributed by atoms with Crippen molar-refractivity contribution in [2.45, 2.75) is 31.7 Å². The van der Waals surface area contributed by atoms with Gasteiger partial charge >= 0.3 is 0 Å². The van der Waals surface area contributed by atoms with Crippen LogP contribution in [0.3, 0.4) is 0 Å². The third kappa shape index (κ3) is 2.58. The summed E-state index contributed by atoms with van der Waals surface area (Å²) < 4.78 is 0. The molecule has 1 unspecified atom stereocenters. The van der Waals surface area contributed by atoms with E-state index in [0.717, 1.165) is 32.4 Å². The lowest BCUT2D eigenvalue weighted by Crippen LogP contribution is -2.48. The molecule has 2 aliphatic rings. The fourth-order valence-corrected chi connectivity index (χ4v) is 1.67. The van der Waals surface area contributed by atoms with Crippen molar-refractivity contribution in [2.75, 3.05) is 13.1 Å². The molecule has 13 heavy (non-hydrogen) atoms. The SMILES string of the molecule is CC1(NC(=O)C2CC2)CCNC1.Cl. The molecule has 0 aromatic rings. The first-order chi connectivity index (χ1) is 5.70. The molecule has 2 rings (SSSR count). The lowest BCUT2D eigenvalue weighted by Gasteiger charge is -2.24. The first kappa shape index (κ1) is 10.8. The van der Waals surface area contributed by atoms with E-state index in [0.29, 0.717) is 5.92 Å². The van der Waals surface area contributed by atoms with Gasteiger partial charge in [-0.25, -0.2) is 0 Å². The van der Waals surface area contributed by atoms with Crippen molar-refractivity contribution in [1.29, 1.82) is 0 Å². The molecule has 0 radical (unpaired) electrons. The van der Waals surface area contributed by atoms with Gasteiger partial charge in [0.05, 0.1) is 5.54 Å². The van der Waals surface area contributed by atoms with E-state index in [1.807, 2.05) is 0 Å². The van der Waals surface area contributed by atoms with E-state index >= 15 is 0 Å². The van der Waals surface area contributed by atoms with Crippen LogP contribution in [0.1, 0.15) is 26.2 Å². The molecule has 1 heterocycles. The number of halogens is 1. The summed E-state index contributed by atoms with van der Waals surface area (Å²) in [5.41, 5.74) is 0.0275. The van der Waals surface area contributed by atoms with Crippen LogP contribution in [0.2, 0.25) is 0 Å². The minimum Gasteiger partial charge on any atom is -0.349 e. The highest BCUT2D eigenvalue weighted by Gasteiger charge is 2.36. The highest BCUT2D eigenvalue weighted by Crippen LogP contribution is 2.30. The van der Waals surface area contributed by atoms with E-state index < -0.39 is 0 Å². The fourth-order valence-electron chi connectivity index (χ4n) is 1.67. The Hall–Kier alpha value is -0.280. The predicted molar refractivity (Wildman–Crippen MR) is 54.0 cm³/mol. The molecule has 0 bridgehead atoms. The number of hydrogen-bond acceptors (Lipinski definition) is 2. The third-order valence-corrected chi connectivity index (χ3v) is 2.74. The molecule has 2 N–H and O–H groups in total. The Labute approximate surface area is 85.1 Å². The summed E-state index contributed by atoms with van der Waals surface area (Å²) >= 11 is 0. The van der Waals surface area contributed by atoms with Crippen LogP contribution in [0.4, 0.5) is 0 Å². The number of hydrogen-bond donors (Lipinski definition) is 2. The van der Waals surface area contributed by atoms with Gasteiger partial charge in [0.1, 0.15) is 0 Å².